The number of alkyl halides is 3. The maximum Gasteiger partial charge on any atom is 0.408 e. The van der Waals surface area contributed by atoms with Crippen molar-refractivity contribution in [2.24, 2.45) is 0 Å². The van der Waals surface area contributed by atoms with Gasteiger partial charge in [0.05, 0.1) is 0 Å². The van der Waals surface area contributed by atoms with E-state index in [4.69, 9.17) is 11.6 Å². The molecule has 0 aliphatic rings. The van der Waals surface area contributed by atoms with Crippen LogP contribution in [0.15, 0.2) is 22.7 Å². The molecule has 0 radical (unpaired) electrons. The minimum atomic E-state index is -4.84. The summed E-state index contributed by atoms with van der Waals surface area (Å²) in [7, 11) is -4.39. The molecular formula is C12H15BrClF3N2O2S. The Balaban J connectivity index is 3.21. The highest BCUT2D eigenvalue weighted by Gasteiger charge is 2.44. The Kier molecular flexibility index (Phi) is 5.95. The SMILES string of the molecule is CC(C)(C)NS(=O)(=O)N[C@H](c1ccc(Br)cc1Cl)C(F)(F)F. The van der Waals surface area contributed by atoms with Crippen molar-refractivity contribution in [3.63, 3.8) is 0 Å². The Hall–Kier alpha value is -0.350. The third-order valence-electron chi connectivity index (χ3n) is 2.31. The van der Waals surface area contributed by atoms with E-state index >= 15 is 0 Å². The number of benzene rings is 1. The van der Waals surface area contributed by atoms with E-state index in [-0.39, 0.29) is 10.6 Å². The van der Waals surface area contributed by atoms with Gasteiger partial charge in [-0.15, -0.1) is 0 Å². The molecule has 1 aromatic carbocycles. The lowest BCUT2D eigenvalue weighted by atomic mass is 10.1. The standard InChI is InChI=1S/C12H15BrClF3N2O2S/c1-11(2,3)19-22(20,21)18-10(12(15,16)17)8-5-4-7(13)6-9(8)14/h4-6,10,18-19H,1-3H3/t10-/m1/s1. The molecule has 0 heterocycles. The van der Waals surface area contributed by atoms with Crippen LogP contribution >= 0.6 is 27.5 Å². The summed E-state index contributed by atoms with van der Waals surface area (Å²) in [5, 5.41) is -0.199. The fourth-order valence-electron chi connectivity index (χ4n) is 1.63. The average Bonchev–Trinajstić information content (AvgIpc) is 2.21. The molecule has 0 unspecified atom stereocenters. The molecule has 0 bridgehead atoms. The zero-order chi connectivity index (χ0) is 17.3. The highest BCUT2D eigenvalue weighted by molar-refractivity contribution is 9.10. The lowest BCUT2D eigenvalue weighted by molar-refractivity contribution is -0.153. The molecule has 0 saturated heterocycles. The van der Waals surface area contributed by atoms with Crippen LogP contribution < -0.4 is 9.44 Å². The van der Waals surface area contributed by atoms with Gasteiger partial charge in [-0.3, -0.25) is 0 Å². The van der Waals surface area contributed by atoms with Crippen LogP contribution in [0.4, 0.5) is 13.2 Å². The van der Waals surface area contributed by atoms with Crippen LogP contribution in [-0.4, -0.2) is 20.1 Å². The second kappa shape index (κ2) is 6.64. The van der Waals surface area contributed by atoms with E-state index in [2.05, 4.69) is 20.7 Å². The van der Waals surface area contributed by atoms with Gasteiger partial charge in [0.1, 0.15) is 6.04 Å². The lowest BCUT2D eigenvalue weighted by Gasteiger charge is -2.26. The van der Waals surface area contributed by atoms with E-state index in [0.29, 0.717) is 4.47 Å². The Labute approximate surface area is 140 Å². The number of hydrogen-bond donors (Lipinski definition) is 2. The second-order valence-corrected chi connectivity index (χ2v) is 8.38. The van der Waals surface area contributed by atoms with Gasteiger partial charge < -0.3 is 0 Å². The Morgan fingerprint density at radius 3 is 2.18 bits per heavy atom. The number of nitrogens with one attached hydrogen (secondary N) is 2. The molecule has 126 valence electrons. The zero-order valence-corrected chi connectivity index (χ0v) is 15.1. The number of rotatable bonds is 4. The Morgan fingerprint density at radius 1 is 1.23 bits per heavy atom. The van der Waals surface area contributed by atoms with E-state index < -0.39 is 28.0 Å². The zero-order valence-electron chi connectivity index (χ0n) is 11.9. The minimum Gasteiger partial charge on any atom is -0.197 e. The minimum absolute atomic E-state index is 0.199. The summed E-state index contributed by atoms with van der Waals surface area (Å²) in [6.45, 7) is 4.55. The van der Waals surface area contributed by atoms with Crippen molar-refractivity contribution in [1.82, 2.24) is 9.44 Å². The lowest BCUT2D eigenvalue weighted by Crippen LogP contribution is -2.50. The third-order valence-corrected chi connectivity index (χ3v) is 4.56. The molecule has 22 heavy (non-hydrogen) atoms. The van der Waals surface area contributed by atoms with E-state index in [9.17, 15) is 21.6 Å². The fraction of sp³-hybridized carbons (Fsp3) is 0.500. The van der Waals surface area contributed by atoms with E-state index in [1.54, 1.807) is 4.72 Å². The topological polar surface area (TPSA) is 58.2 Å². The summed E-state index contributed by atoms with van der Waals surface area (Å²) in [5.41, 5.74) is -1.30. The molecule has 0 aromatic heterocycles. The van der Waals surface area contributed by atoms with Gasteiger partial charge in [-0.1, -0.05) is 33.6 Å². The molecule has 1 atom stereocenters. The first-order valence-corrected chi connectivity index (χ1v) is 8.69. The number of hydrogen-bond acceptors (Lipinski definition) is 2. The molecule has 0 amide bonds. The molecule has 0 aliphatic heterocycles. The van der Waals surface area contributed by atoms with E-state index in [1.165, 1.54) is 32.9 Å². The van der Waals surface area contributed by atoms with Crippen molar-refractivity contribution in [3.05, 3.63) is 33.3 Å². The van der Waals surface area contributed by atoms with Crippen molar-refractivity contribution in [2.75, 3.05) is 0 Å². The third kappa shape index (κ3) is 6.04. The van der Waals surface area contributed by atoms with Gasteiger partial charge >= 0.3 is 6.18 Å². The summed E-state index contributed by atoms with van der Waals surface area (Å²) in [4.78, 5) is 0. The quantitative estimate of drug-likeness (QED) is 0.771. The summed E-state index contributed by atoms with van der Waals surface area (Å²) in [6, 6.07) is 1.28. The van der Waals surface area contributed by atoms with Gasteiger partial charge in [0.15, 0.2) is 0 Å². The Morgan fingerprint density at radius 2 is 1.77 bits per heavy atom. The van der Waals surface area contributed by atoms with Crippen LogP contribution in [0.25, 0.3) is 0 Å². The van der Waals surface area contributed by atoms with E-state index in [0.717, 1.165) is 6.07 Å². The van der Waals surface area contributed by atoms with Crippen molar-refractivity contribution < 1.29 is 21.6 Å². The second-order valence-electron chi connectivity index (χ2n) is 5.61. The molecule has 10 heteroatoms. The largest absolute Gasteiger partial charge is 0.408 e. The average molecular weight is 424 g/mol. The molecule has 0 saturated carbocycles. The maximum absolute atomic E-state index is 13.2. The predicted octanol–water partition coefficient (Wildman–Crippen LogP) is 3.93. The predicted molar refractivity (Wildman–Crippen MR) is 82.9 cm³/mol. The van der Waals surface area contributed by atoms with Gasteiger partial charge in [0.2, 0.25) is 0 Å². The van der Waals surface area contributed by atoms with Gasteiger partial charge in [0.25, 0.3) is 10.2 Å². The van der Waals surface area contributed by atoms with Crippen LogP contribution in [0.2, 0.25) is 5.02 Å². The summed E-state index contributed by atoms with van der Waals surface area (Å²) in [6.07, 6.45) is -4.84. The normalized spacial score (nSPS) is 14.9. The van der Waals surface area contributed by atoms with Gasteiger partial charge in [-0.2, -0.15) is 31.0 Å². The van der Waals surface area contributed by atoms with Gasteiger partial charge in [-0.05, 0) is 38.5 Å². The fourth-order valence-corrected chi connectivity index (χ4v) is 3.85. The van der Waals surface area contributed by atoms with Crippen LogP contribution in [-0.2, 0) is 10.2 Å². The maximum atomic E-state index is 13.2. The smallest absolute Gasteiger partial charge is 0.197 e. The van der Waals surface area contributed by atoms with Crippen LogP contribution in [0.1, 0.15) is 32.4 Å². The summed E-state index contributed by atoms with van der Waals surface area (Å²) >= 11 is 8.89. The summed E-state index contributed by atoms with van der Waals surface area (Å²) < 4.78 is 67.6. The van der Waals surface area contributed by atoms with Gasteiger partial charge in [-0.25, -0.2) is 0 Å². The molecule has 0 spiro atoms. The first-order chi connectivity index (χ1) is 9.71. The Bertz CT molecular complexity index is 645. The van der Waals surface area contributed by atoms with Crippen molar-refractivity contribution in [3.8, 4) is 0 Å². The van der Waals surface area contributed by atoms with Crippen molar-refractivity contribution >= 4 is 37.7 Å². The molecule has 4 nitrogen and oxygen atoms in total. The summed E-state index contributed by atoms with van der Waals surface area (Å²) in [5.74, 6) is 0. The monoisotopic (exact) mass is 422 g/mol. The van der Waals surface area contributed by atoms with Gasteiger partial charge in [0, 0.05) is 15.0 Å². The van der Waals surface area contributed by atoms with Crippen molar-refractivity contribution in [2.45, 2.75) is 38.5 Å². The highest BCUT2D eigenvalue weighted by Crippen LogP contribution is 2.37. The molecule has 1 rings (SSSR count). The van der Waals surface area contributed by atoms with Crippen LogP contribution in [0, 0.1) is 0 Å². The molecule has 1 aromatic rings. The van der Waals surface area contributed by atoms with Crippen molar-refractivity contribution in [1.29, 1.82) is 0 Å². The first-order valence-electron chi connectivity index (χ1n) is 6.04. The molecule has 0 aliphatic carbocycles. The van der Waals surface area contributed by atoms with Crippen LogP contribution in [0.5, 0.6) is 0 Å². The molecular weight excluding hydrogens is 409 g/mol. The number of halogens is 5. The first kappa shape index (κ1) is 19.7. The molecule has 2 N–H and O–H groups in total. The van der Waals surface area contributed by atoms with Crippen LogP contribution in [0.3, 0.4) is 0 Å². The highest BCUT2D eigenvalue weighted by atomic mass is 79.9. The van der Waals surface area contributed by atoms with E-state index in [1.807, 2.05) is 0 Å². The molecule has 0 fully saturated rings.